The number of carbonyl (C=O) groups excluding carboxylic acids is 1. The van der Waals surface area contributed by atoms with Gasteiger partial charge in [-0.25, -0.2) is 4.79 Å². The average Bonchev–Trinajstić information content (AvgIpc) is 2.72. The summed E-state index contributed by atoms with van der Waals surface area (Å²) in [5.41, 5.74) is 1.52. The van der Waals surface area contributed by atoms with Crippen molar-refractivity contribution in [3.63, 3.8) is 0 Å². The van der Waals surface area contributed by atoms with E-state index >= 15 is 0 Å². The Balaban J connectivity index is 2.20. The van der Waals surface area contributed by atoms with Gasteiger partial charge in [-0.15, -0.1) is 0 Å². The summed E-state index contributed by atoms with van der Waals surface area (Å²) in [5.74, 6) is -3.07. The van der Waals surface area contributed by atoms with Crippen molar-refractivity contribution in [2.75, 3.05) is 6.54 Å². The summed E-state index contributed by atoms with van der Waals surface area (Å²) < 4.78 is 2.10. The Bertz CT molecular complexity index is 1150. The normalized spacial score (nSPS) is 14.3. The van der Waals surface area contributed by atoms with Crippen LogP contribution in [-0.4, -0.2) is 37.8 Å². The zero-order valence-corrected chi connectivity index (χ0v) is 18.6. The van der Waals surface area contributed by atoms with Crippen molar-refractivity contribution in [3.05, 3.63) is 60.8 Å². The Labute approximate surface area is 185 Å². The summed E-state index contributed by atoms with van der Waals surface area (Å²) in [6.45, 7) is 5.02. The Kier molecular flexibility index (Phi) is 6.86. The van der Waals surface area contributed by atoms with E-state index in [4.69, 9.17) is 5.11 Å². The highest BCUT2D eigenvalue weighted by molar-refractivity contribution is 5.97. The first-order valence-electron chi connectivity index (χ1n) is 10.8. The average molecular weight is 444 g/mol. The maximum absolute atomic E-state index is 13.4. The Morgan fingerprint density at radius 1 is 1.06 bits per heavy atom. The molecule has 32 heavy (non-hydrogen) atoms. The van der Waals surface area contributed by atoms with E-state index < -0.39 is 41.1 Å². The third-order valence-corrected chi connectivity index (χ3v) is 6.07. The lowest BCUT2D eigenvalue weighted by molar-refractivity contribution is -0.135. The molecule has 1 saturated carbocycles. The molecule has 0 spiro atoms. The minimum Gasteiger partial charge on any atom is -0.494 e. The lowest BCUT2D eigenvalue weighted by Crippen LogP contribution is -2.47. The van der Waals surface area contributed by atoms with E-state index in [2.05, 4.69) is 5.32 Å². The number of aromatic hydroxyl groups is 1. The topological polar surface area (TPSA) is 131 Å². The molecule has 0 atom stereocenters. The van der Waals surface area contributed by atoms with Crippen molar-refractivity contribution in [2.24, 2.45) is 0 Å². The van der Waals surface area contributed by atoms with Crippen molar-refractivity contribution in [2.45, 2.75) is 65.5 Å². The second kappa shape index (κ2) is 9.42. The number of benzene rings is 1. The van der Waals surface area contributed by atoms with Gasteiger partial charge in [0.2, 0.25) is 5.88 Å². The largest absolute Gasteiger partial charge is 0.494 e. The van der Waals surface area contributed by atoms with Gasteiger partial charge in [0.25, 0.3) is 11.5 Å². The van der Waals surface area contributed by atoms with Gasteiger partial charge in [0, 0.05) is 6.04 Å². The number of carboxylic acid groups (broad SMARTS) is 1. The smallest absolute Gasteiger partial charge is 0.334 e. The number of hydrogen-bond donors (Lipinski definition) is 3. The lowest BCUT2D eigenvalue weighted by Gasteiger charge is -2.25. The van der Waals surface area contributed by atoms with Crippen LogP contribution in [0.5, 0.6) is 5.88 Å². The number of amides is 1. The van der Waals surface area contributed by atoms with Crippen LogP contribution in [0.3, 0.4) is 0 Å². The van der Waals surface area contributed by atoms with Crippen LogP contribution < -0.4 is 16.6 Å². The van der Waals surface area contributed by atoms with Gasteiger partial charge in [0.1, 0.15) is 6.54 Å². The number of aromatic nitrogens is 2. The van der Waals surface area contributed by atoms with Crippen LogP contribution in [0.4, 0.5) is 0 Å². The molecule has 9 heteroatoms. The highest BCUT2D eigenvalue weighted by atomic mass is 16.4. The molecule has 2 aromatic rings. The van der Waals surface area contributed by atoms with Crippen molar-refractivity contribution in [3.8, 4) is 5.88 Å². The molecule has 0 unspecified atom stereocenters. The molecule has 0 bridgehead atoms. The summed E-state index contributed by atoms with van der Waals surface area (Å²) >= 11 is 0. The van der Waals surface area contributed by atoms with Crippen LogP contribution in [0.1, 0.15) is 70.8 Å². The molecule has 3 N–H and O–H groups in total. The van der Waals surface area contributed by atoms with Crippen molar-refractivity contribution >= 4 is 11.9 Å². The molecule has 1 aliphatic carbocycles. The van der Waals surface area contributed by atoms with E-state index in [0.29, 0.717) is 12.8 Å². The van der Waals surface area contributed by atoms with E-state index in [0.717, 1.165) is 50.7 Å². The number of aliphatic carboxylic acids is 1. The van der Waals surface area contributed by atoms with Gasteiger partial charge in [-0.3, -0.25) is 23.5 Å². The summed E-state index contributed by atoms with van der Waals surface area (Å²) in [4.78, 5) is 50.1. The van der Waals surface area contributed by atoms with E-state index in [9.17, 15) is 24.3 Å². The predicted molar refractivity (Wildman–Crippen MR) is 118 cm³/mol. The minimum absolute atomic E-state index is 0.0190. The van der Waals surface area contributed by atoms with Gasteiger partial charge in [-0.05, 0) is 50.3 Å². The standard InChI is InChI=1S/C23H29N3O6/c1-13-9-14(2)17(15(3)10-13)12-25-21(30)19(20(29)24-11-18(27)28)22(31)26(23(25)32)16-7-5-4-6-8-16/h9-10,16,30H,4-8,11-12H2,1-3H3,(H,24,29)(H,27,28). The Hall–Kier alpha value is -3.36. The minimum atomic E-state index is -1.29. The fourth-order valence-corrected chi connectivity index (χ4v) is 4.52. The molecule has 0 radical (unpaired) electrons. The van der Waals surface area contributed by atoms with Crippen LogP contribution in [0, 0.1) is 20.8 Å². The number of nitrogens with zero attached hydrogens (tertiary/aromatic N) is 2. The number of aryl methyl sites for hydroxylation is 3. The van der Waals surface area contributed by atoms with E-state index in [1.807, 2.05) is 32.9 Å². The maximum atomic E-state index is 13.4. The van der Waals surface area contributed by atoms with E-state index in [-0.39, 0.29) is 12.6 Å². The molecule has 1 aromatic carbocycles. The van der Waals surface area contributed by atoms with Crippen molar-refractivity contribution < 1.29 is 19.8 Å². The van der Waals surface area contributed by atoms with Crippen LogP contribution >= 0.6 is 0 Å². The summed E-state index contributed by atoms with van der Waals surface area (Å²) in [5, 5.41) is 21.8. The van der Waals surface area contributed by atoms with Crippen molar-refractivity contribution in [1.82, 2.24) is 14.5 Å². The quantitative estimate of drug-likeness (QED) is 0.626. The number of rotatable bonds is 6. The van der Waals surface area contributed by atoms with Gasteiger partial charge >= 0.3 is 11.7 Å². The molecule has 1 heterocycles. The van der Waals surface area contributed by atoms with Gasteiger partial charge < -0.3 is 15.5 Å². The summed E-state index contributed by atoms with van der Waals surface area (Å²) in [6.07, 6.45) is 3.96. The fraction of sp³-hybridized carbons (Fsp3) is 0.478. The zero-order valence-electron chi connectivity index (χ0n) is 18.6. The Morgan fingerprint density at radius 2 is 1.66 bits per heavy atom. The monoisotopic (exact) mass is 443 g/mol. The SMILES string of the molecule is Cc1cc(C)c(Cn2c(O)c(C(=O)NCC(=O)O)c(=O)n(C3CCCCC3)c2=O)c(C)c1. The van der Waals surface area contributed by atoms with Gasteiger partial charge in [0.05, 0.1) is 6.54 Å². The van der Waals surface area contributed by atoms with Crippen LogP contribution in [-0.2, 0) is 11.3 Å². The van der Waals surface area contributed by atoms with Crippen LogP contribution in [0.15, 0.2) is 21.7 Å². The number of carboxylic acids is 1. The molecule has 0 saturated heterocycles. The highest BCUT2D eigenvalue weighted by Gasteiger charge is 2.29. The fourth-order valence-electron chi connectivity index (χ4n) is 4.52. The molecule has 9 nitrogen and oxygen atoms in total. The molecule has 1 fully saturated rings. The number of carbonyl (C=O) groups is 2. The molecule has 1 aliphatic rings. The molecule has 172 valence electrons. The second-order valence-electron chi connectivity index (χ2n) is 8.49. The van der Waals surface area contributed by atoms with Gasteiger partial charge in [-0.2, -0.15) is 0 Å². The summed E-state index contributed by atoms with van der Waals surface area (Å²) in [6, 6.07) is 3.55. The lowest BCUT2D eigenvalue weighted by atomic mass is 9.95. The molecule has 3 rings (SSSR count). The Morgan fingerprint density at radius 3 is 2.22 bits per heavy atom. The third-order valence-electron chi connectivity index (χ3n) is 6.07. The zero-order chi connectivity index (χ0) is 23.6. The van der Waals surface area contributed by atoms with Crippen LogP contribution in [0.25, 0.3) is 0 Å². The summed E-state index contributed by atoms with van der Waals surface area (Å²) in [7, 11) is 0. The van der Waals surface area contributed by atoms with Crippen LogP contribution in [0.2, 0.25) is 0 Å². The maximum Gasteiger partial charge on any atom is 0.334 e. The second-order valence-corrected chi connectivity index (χ2v) is 8.49. The third kappa shape index (κ3) is 4.61. The van der Waals surface area contributed by atoms with Crippen molar-refractivity contribution in [1.29, 1.82) is 0 Å². The first-order valence-corrected chi connectivity index (χ1v) is 10.8. The van der Waals surface area contributed by atoms with Gasteiger partial charge in [-0.1, -0.05) is 37.0 Å². The van der Waals surface area contributed by atoms with E-state index in [1.165, 1.54) is 0 Å². The van der Waals surface area contributed by atoms with E-state index in [1.54, 1.807) is 0 Å². The number of nitrogens with one attached hydrogen (secondary N) is 1. The molecule has 1 aromatic heterocycles. The first-order chi connectivity index (χ1) is 15.1. The highest BCUT2D eigenvalue weighted by Crippen LogP contribution is 2.27. The first kappa shape index (κ1) is 23.3. The number of hydrogen-bond acceptors (Lipinski definition) is 5. The molecular formula is C23H29N3O6. The molecular weight excluding hydrogens is 414 g/mol. The van der Waals surface area contributed by atoms with Gasteiger partial charge in [0.15, 0.2) is 5.56 Å². The molecule has 0 aliphatic heterocycles. The molecule has 1 amide bonds. The predicted octanol–water partition coefficient (Wildman–Crippen LogP) is 2.01.